The number of rotatable bonds is 2. The van der Waals surface area contributed by atoms with Crippen LogP contribution >= 0.6 is 59.4 Å². The lowest BCUT2D eigenvalue weighted by Crippen LogP contribution is -2.00. The van der Waals surface area contributed by atoms with Crippen molar-refractivity contribution in [2.24, 2.45) is 0 Å². The summed E-state index contributed by atoms with van der Waals surface area (Å²) in [6, 6.07) is 7.37. The lowest BCUT2D eigenvalue weighted by molar-refractivity contribution is 0.597. The predicted molar refractivity (Wildman–Crippen MR) is 84.0 cm³/mol. The van der Waals surface area contributed by atoms with Crippen molar-refractivity contribution in [3.8, 4) is 0 Å². The molecule has 0 aliphatic heterocycles. The Balaban J connectivity index is 2.49. The van der Waals surface area contributed by atoms with Gasteiger partial charge in [0, 0.05) is 20.1 Å². The minimum absolute atomic E-state index is 0.287. The average Bonchev–Trinajstić information content (AvgIpc) is 2.33. The summed E-state index contributed by atoms with van der Waals surface area (Å²) >= 11 is 15.6. The van der Waals surface area contributed by atoms with E-state index in [-0.39, 0.29) is 5.56 Å². The Morgan fingerprint density at radius 1 is 0.947 bits per heavy atom. The van der Waals surface area contributed by atoms with Crippen molar-refractivity contribution in [3.63, 3.8) is 0 Å². The highest BCUT2D eigenvalue weighted by atomic mass is 79.9. The van der Waals surface area contributed by atoms with Crippen LogP contribution in [0, 0.1) is 11.6 Å². The minimum atomic E-state index is -0.605. The topological polar surface area (TPSA) is 0 Å². The van der Waals surface area contributed by atoms with E-state index >= 15 is 0 Å². The first-order chi connectivity index (χ1) is 8.90. The molecular formula is C13H6Br3ClF2. The third-order valence-electron chi connectivity index (χ3n) is 2.55. The summed E-state index contributed by atoms with van der Waals surface area (Å²) in [4.78, 5) is -0.605. The molecule has 0 saturated heterocycles. The Morgan fingerprint density at radius 2 is 1.58 bits per heavy atom. The Kier molecular flexibility index (Phi) is 5.04. The number of hydrogen-bond donors (Lipinski definition) is 0. The zero-order valence-corrected chi connectivity index (χ0v) is 14.7. The second-order valence-electron chi connectivity index (χ2n) is 3.82. The average molecular weight is 475 g/mol. The Morgan fingerprint density at radius 3 is 2.21 bits per heavy atom. The zero-order chi connectivity index (χ0) is 14.2. The molecule has 19 heavy (non-hydrogen) atoms. The maximum Gasteiger partial charge on any atom is 0.129 e. The van der Waals surface area contributed by atoms with Crippen molar-refractivity contribution in [1.29, 1.82) is 0 Å². The second kappa shape index (κ2) is 6.20. The first kappa shape index (κ1) is 15.4. The molecular weight excluding hydrogens is 469 g/mol. The number of hydrogen-bond acceptors (Lipinski definition) is 0. The van der Waals surface area contributed by atoms with Gasteiger partial charge >= 0.3 is 0 Å². The Bertz CT molecular complexity index is 632. The van der Waals surface area contributed by atoms with Crippen molar-refractivity contribution >= 4 is 59.4 Å². The smallest absolute Gasteiger partial charge is 0.129 e. The van der Waals surface area contributed by atoms with E-state index < -0.39 is 16.5 Å². The fourth-order valence-corrected chi connectivity index (χ4v) is 3.15. The molecule has 0 saturated carbocycles. The van der Waals surface area contributed by atoms with E-state index in [1.807, 2.05) is 0 Å². The van der Waals surface area contributed by atoms with Crippen LogP contribution in [-0.4, -0.2) is 0 Å². The van der Waals surface area contributed by atoms with Gasteiger partial charge in [-0.3, -0.25) is 0 Å². The summed E-state index contributed by atoms with van der Waals surface area (Å²) in [7, 11) is 0. The van der Waals surface area contributed by atoms with Crippen LogP contribution < -0.4 is 0 Å². The van der Waals surface area contributed by atoms with Crippen molar-refractivity contribution in [3.05, 3.63) is 67.1 Å². The van der Waals surface area contributed by atoms with E-state index in [0.717, 1.165) is 0 Å². The molecule has 0 spiro atoms. The lowest BCUT2D eigenvalue weighted by atomic mass is 10.0. The lowest BCUT2D eigenvalue weighted by Gasteiger charge is -2.14. The highest BCUT2D eigenvalue weighted by Gasteiger charge is 2.20. The van der Waals surface area contributed by atoms with E-state index in [1.54, 1.807) is 12.1 Å². The monoisotopic (exact) mass is 472 g/mol. The fourth-order valence-electron chi connectivity index (χ4n) is 1.61. The largest absolute Gasteiger partial charge is 0.207 e. The highest BCUT2D eigenvalue weighted by molar-refractivity contribution is 9.11. The van der Waals surface area contributed by atoms with Crippen molar-refractivity contribution in [1.82, 2.24) is 0 Å². The molecule has 0 radical (unpaired) electrons. The molecule has 2 aromatic rings. The van der Waals surface area contributed by atoms with E-state index in [4.69, 9.17) is 11.6 Å². The number of halogens is 6. The second-order valence-corrected chi connectivity index (χ2v) is 6.91. The molecule has 0 fully saturated rings. The van der Waals surface area contributed by atoms with Crippen LogP contribution in [0.25, 0.3) is 0 Å². The molecule has 0 amide bonds. The van der Waals surface area contributed by atoms with Crippen LogP contribution in [0.4, 0.5) is 8.78 Å². The third-order valence-corrected chi connectivity index (χ3v) is 5.23. The maximum atomic E-state index is 13.9. The van der Waals surface area contributed by atoms with Crippen molar-refractivity contribution in [2.75, 3.05) is 0 Å². The molecule has 2 rings (SSSR count). The third kappa shape index (κ3) is 3.38. The minimum Gasteiger partial charge on any atom is -0.207 e. The van der Waals surface area contributed by atoms with Crippen molar-refractivity contribution < 1.29 is 8.78 Å². The van der Waals surface area contributed by atoms with Gasteiger partial charge in [-0.25, -0.2) is 8.78 Å². The van der Waals surface area contributed by atoms with E-state index in [9.17, 15) is 8.78 Å². The molecule has 0 aromatic heterocycles. The van der Waals surface area contributed by atoms with Gasteiger partial charge in [0.25, 0.3) is 0 Å². The standard InChI is InChI=1S/C13H6Br3ClF2/c14-6-1-2-7(11(18)3-6)13(16)8-4-10(17)9(15)5-12(8)19/h1-5,13H. The Labute approximate surface area is 139 Å². The highest BCUT2D eigenvalue weighted by Crippen LogP contribution is 2.37. The van der Waals surface area contributed by atoms with Gasteiger partial charge in [-0.1, -0.05) is 49.5 Å². The molecule has 100 valence electrons. The SMILES string of the molecule is Fc1cc(Br)ccc1C(Br)c1cc(Cl)c(Br)cc1F. The van der Waals surface area contributed by atoms with Crippen LogP contribution in [0.15, 0.2) is 39.3 Å². The molecule has 0 aliphatic carbocycles. The normalized spacial score (nSPS) is 12.5. The van der Waals surface area contributed by atoms with Gasteiger partial charge in [-0.15, -0.1) is 0 Å². The summed E-state index contributed by atoms with van der Waals surface area (Å²) < 4.78 is 28.9. The predicted octanol–water partition coefficient (Wildman–Crippen LogP) is 6.63. The van der Waals surface area contributed by atoms with Gasteiger partial charge in [0.2, 0.25) is 0 Å². The number of alkyl halides is 1. The van der Waals surface area contributed by atoms with Crippen LogP contribution in [0.1, 0.15) is 16.0 Å². The maximum absolute atomic E-state index is 13.9. The van der Waals surface area contributed by atoms with Gasteiger partial charge in [0.1, 0.15) is 11.6 Å². The van der Waals surface area contributed by atoms with E-state index in [2.05, 4.69) is 47.8 Å². The molecule has 0 heterocycles. The van der Waals surface area contributed by atoms with Crippen LogP contribution in [0.3, 0.4) is 0 Å². The molecule has 0 nitrogen and oxygen atoms in total. The van der Waals surface area contributed by atoms with Crippen LogP contribution in [-0.2, 0) is 0 Å². The molecule has 6 heteroatoms. The molecule has 1 atom stereocenters. The van der Waals surface area contributed by atoms with Crippen molar-refractivity contribution in [2.45, 2.75) is 4.83 Å². The summed E-state index contributed by atoms with van der Waals surface area (Å²) in [6.07, 6.45) is 0. The first-order valence-corrected chi connectivity index (χ1v) is 8.01. The summed E-state index contributed by atoms with van der Waals surface area (Å²) in [5.41, 5.74) is 0.634. The first-order valence-electron chi connectivity index (χ1n) is 5.13. The molecule has 0 aliphatic rings. The van der Waals surface area contributed by atoms with Crippen LogP contribution in [0.2, 0.25) is 5.02 Å². The van der Waals surface area contributed by atoms with E-state index in [0.29, 0.717) is 19.5 Å². The quantitative estimate of drug-likeness (QED) is 0.338. The molecule has 1 unspecified atom stereocenters. The summed E-state index contributed by atoms with van der Waals surface area (Å²) in [6.45, 7) is 0. The zero-order valence-electron chi connectivity index (χ0n) is 9.23. The van der Waals surface area contributed by atoms with E-state index in [1.165, 1.54) is 18.2 Å². The molecule has 0 bridgehead atoms. The van der Waals surface area contributed by atoms with Gasteiger partial charge in [-0.05, 0) is 40.2 Å². The van der Waals surface area contributed by atoms with Gasteiger partial charge in [0.05, 0.1) is 9.85 Å². The Hall–Kier alpha value is 0.0300. The van der Waals surface area contributed by atoms with Gasteiger partial charge < -0.3 is 0 Å². The summed E-state index contributed by atoms with van der Waals surface area (Å²) in [5, 5.41) is 0.373. The fraction of sp³-hybridized carbons (Fsp3) is 0.0769. The van der Waals surface area contributed by atoms with Crippen LogP contribution in [0.5, 0.6) is 0 Å². The number of benzene rings is 2. The molecule has 2 aromatic carbocycles. The van der Waals surface area contributed by atoms with Gasteiger partial charge in [-0.2, -0.15) is 0 Å². The molecule has 0 N–H and O–H groups in total. The summed E-state index contributed by atoms with van der Waals surface area (Å²) in [5.74, 6) is -0.879. The van der Waals surface area contributed by atoms with Gasteiger partial charge in [0.15, 0.2) is 0 Å².